The van der Waals surface area contributed by atoms with Crippen LogP contribution in [0, 0.1) is 0 Å². The van der Waals surface area contributed by atoms with Gasteiger partial charge in [-0.1, -0.05) is 59.6 Å². The largest absolute Gasteiger partial charge is 0.497 e. The summed E-state index contributed by atoms with van der Waals surface area (Å²) in [6.07, 6.45) is -1.27. The van der Waals surface area contributed by atoms with E-state index in [9.17, 15) is 14.4 Å². The zero-order valence-electron chi connectivity index (χ0n) is 17.2. The topological polar surface area (TPSA) is 69.7 Å². The van der Waals surface area contributed by atoms with Gasteiger partial charge in [-0.15, -0.1) is 0 Å². The fourth-order valence-corrected chi connectivity index (χ4v) is 4.65. The van der Waals surface area contributed by atoms with E-state index in [4.69, 9.17) is 32.7 Å². The number of hydrogen-bond donors (Lipinski definition) is 0. The van der Waals surface area contributed by atoms with Gasteiger partial charge in [0.2, 0.25) is 5.78 Å². The Kier molecular flexibility index (Phi) is 6.04. The predicted octanol–water partition coefficient (Wildman–Crippen LogP) is 5.49. The van der Waals surface area contributed by atoms with E-state index in [-0.39, 0.29) is 16.4 Å². The Morgan fingerprint density at radius 3 is 2.38 bits per heavy atom. The molecule has 0 fully saturated rings. The molecule has 0 amide bonds. The van der Waals surface area contributed by atoms with Gasteiger partial charge < -0.3 is 9.47 Å². The van der Waals surface area contributed by atoms with Crippen molar-refractivity contribution >= 4 is 40.7 Å². The van der Waals surface area contributed by atoms with Crippen molar-refractivity contribution in [2.75, 3.05) is 7.11 Å². The second-order valence-corrected chi connectivity index (χ2v) is 8.15. The molecular formula is C25H18Cl2O5. The molecule has 0 bridgehead atoms. The second-order valence-electron chi connectivity index (χ2n) is 7.34. The highest BCUT2D eigenvalue weighted by Crippen LogP contribution is 2.45. The Hall–Kier alpha value is -3.15. The van der Waals surface area contributed by atoms with Crippen LogP contribution < -0.4 is 4.74 Å². The third-order valence-corrected chi connectivity index (χ3v) is 6.07. The third-order valence-electron chi connectivity index (χ3n) is 5.42. The average Bonchev–Trinajstić information content (AvgIpc) is 2.78. The molecular weight excluding hydrogens is 451 g/mol. The molecule has 1 aliphatic carbocycles. The van der Waals surface area contributed by atoms with Crippen molar-refractivity contribution in [3.8, 4) is 5.75 Å². The Balaban J connectivity index is 1.96. The minimum Gasteiger partial charge on any atom is -0.497 e. The van der Waals surface area contributed by atoms with Gasteiger partial charge in [-0.25, -0.2) is 0 Å². The molecule has 2 unspecified atom stereocenters. The normalized spacial score (nSPS) is 15.4. The third kappa shape index (κ3) is 3.78. The Morgan fingerprint density at radius 1 is 0.969 bits per heavy atom. The summed E-state index contributed by atoms with van der Waals surface area (Å²) in [5, 5.41) is 0.542. The first-order valence-electron chi connectivity index (χ1n) is 9.80. The van der Waals surface area contributed by atoms with Crippen LogP contribution in [0.2, 0.25) is 10.0 Å². The molecule has 4 rings (SSSR count). The first kappa shape index (κ1) is 22.1. The lowest BCUT2D eigenvalue weighted by atomic mass is 9.73. The van der Waals surface area contributed by atoms with Crippen molar-refractivity contribution in [2.45, 2.75) is 18.9 Å². The standard InChI is InChI=1S/C25H18Cl2O5/c1-13(28)32-25(23(29)14-6-3-7-15(12-14)31-2)22-16-8-4-11-19(27)21(16)24(30)17-9-5-10-18(26)20(17)22/h3-12,22,25H,1-2H3. The van der Waals surface area contributed by atoms with Crippen LogP contribution in [0.25, 0.3) is 0 Å². The number of ketones is 2. The first-order chi connectivity index (χ1) is 15.3. The minimum atomic E-state index is -1.27. The molecule has 3 aromatic carbocycles. The summed E-state index contributed by atoms with van der Waals surface area (Å²) in [6, 6.07) is 16.5. The van der Waals surface area contributed by atoms with Crippen molar-refractivity contribution in [3.05, 3.63) is 98.5 Å². The molecule has 0 spiro atoms. The Labute approximate surface area is 194 Å². The molecule has 0 N–H and O–H groups in total. The van der Waals surface area contributed by atoms with E-state index in [2.05, 4.69) is 0 Å². The van der Waals surface area contributed by atoms with Crippen molar-refractivity contribution in [2.24, 2.45) is 0 Å². The smallest absolute Gasteiger partial charge is 0.303 e. The van der Waals surface area contributed by atoms with E-state index in [1.807, 2.05) is 0 Å². The SMILES string of the molecule is COc1cccc(C(=O)C(OC(C)=O)C2c3cccc(Cl)c3C(=O)c3cccc(Cl)c32)c1. The van der Waals surface area contributed by atoms with E-state index >= 15 is 0 Å². The fraction of sp³-hybridized carbons (Fsp3) is 0.160. The van der Waals surface area contributed by atoms with Crippen LogP contribution in [0.5, 0.6) is 5.75 Å². The number of carbonyl (C=O) groups excluding carboxylic acids is 3. The number of Topliss-reactive ketones (excluding diaryl/α,β-unsaturated/α-hetero) is 1. The van der Waals surface area contributed by atoms with E-state index < -0.39 is 23.8 Å². The number of methoxy groups -OCH3 is 1. The molecule has 7 heteroatoms. The van der Waals surface area contributed by atoms with Crippen molar-refractivity contribution in [3.63, 3.8) is 0 Å². The van der Waals surface area contributed by atoms with Crippen LogP contribution in [-0.4, -0.2) is 30.7 Å². The summed E-state index contributed by atoms with van der Waals surface area (Å²) in [5.41, 5.74) is 1.79. The maximum Gasteiger partial charge on any atom is 0.303 e. The van der Waals surface area contributed by atoms with Gasteiger partial charge in [0.05, 0.1) is 18.1 Å². The van der Waals surface area contributed by atoms with Crippen LogP contribution in [0.3, 0.4) is 0 Å². The summed E-state index contributed by atoms with van der Waals surface area (Å²) in [4.78, 5) is 39.0. The van der Waals surface area contributed by atoms with Gasteiger partial charge in [-0.05, 0) is 35.4 Å². The first-order valence-corrected chi connectivity index (χ1v) is 10.6. The molecule has 0 heterocycles. The number of hydrogen-bond acceptors (Lipinski definition) is 5. The monoisotopic (exact) mass is 468 g/mol. The maximum atomic E-state index is 13.7. The van der Waals surface area contributed by atoms with Gasteiger partial charge in [-0.3, -0.25) is 14.4 Å². The maximum absolute atomic E-state index is 13.7. The average molecular weight is 469 g/mol. The predicted molar refractivity (Wildman–Crippen MR) is 121 cm³/mol. The Morgan fingerprint density at radius 2 is 1.66 bits per heavy atom. The number of carbonyl (C=O) groups is 3. The molecule has 162 valence electrons. The minimum absolute atomic E-state index is 0.249. The summed E-state index contributed by atoms with van der Waals surface area (Å²) < 4.78 is 10.8. The lowest BCUT2D eigenvalue weighted by Crippen LogP contribution is -2.37. The molecule has 2 atom stereocenters. The molecule has 3 aromatic rings. The highest BCUT2D eigenvalue weighted by molar-refractivity contribution is 6.36. The number of ether oxygens (including phenoxy) is 2. The number of esters is 1. The van der Waals surface area contributed by atoms with E-state index in [0.29, 0.717) is 33.0 Å². The molecule has 0 aliphatic heterocycles. The van der Waals surface area contributed by atoms with Gasteiger partial charge in [0.15, 0.2) is 11.9 Å². The van der Waals surface area contributed by atoms with Crippen molar-refractivity contribution in [1.29, 1.82) is 0 Å². The van der Waals surface area contributed by atoms with Crippen LogP contribution in [-0.2, 0) is 9.53 Å². The van der Waals surface area contributed by atoms with Gasteiger partial charge in [0.1, 0.15) is 5.75 Å². The zero-order valence-corrected chi connectivity index (χ0v) is 18.7. The zero-order chi connectivity index (χ0) is 23.0. The quantitative estimate of drug-likeness (QED) is 0.365. The van der Waals surface area contributed by atoms with Crippen molar-refractivity contribution < 1.29 is 23.9 Å². The highest BCUT2D eigenvalue weighted by Gasteiger charge is 2.43. The molecule has 0 aromatic heterocycles. The molecule has 1 aliphatic rings. The number of fused-ring (bicyclic) bond motifs is 2. The summed E-state index contributed by atoms with van der Waals surface area (Å²) in [5.74, 6) is -1.73. The van der Waals surface area contributed by atoms with Crippen LogP contribution in [0.15, 0.2) is 60.7 Å². The van der Waals surface area contributed by atoms with E-state index in [0.717, 1.165) is 0 Å². The van der Waals surface area contributed by atoms with Crippen LogP contribution in [0.4, 0.5) is 0 Å². The van der Waals surface area contributed by atoms with E-state index in [1.165, 1.54) is 14.0 Å². The van der Waals surface area contributed by atoms with Gasteiger partial charge in [0, 0.05) is 28.6 Å². The highest BCUT2D eigenvalue weighted by atomic mass is 35.5. The number of rotatable bonds is 5. The molecule has 0 saturated heterocycles. The van der Waals surface area contributed by atoms with E-state index in [1.54, 1.807) is 60.7 Å². The summed E-state index contributed by atoms with van der Waals surface area (Å²) in [7, 11) is 1.49. The Bertz CT molecular complexity index is 1250. The van der Waals surface area contributed by atoms with Crippen LogP contribution >= 0.6 is 23.2 Å². The molecule has 0 radical (unpaired) electrons. The van der Waals surface area contributed by atoms with Crippen LogP contribution in [0.1, 0.15) is 50.2 Å². The number of benzene rings is 3. The van der Waals surface area contributed by atoms with Gasteiger partial charge in [0.25, 0.3) is 0 Å². The summed E-state index contributed by atoms with van der Waals surface area (Å²) in [6.45, 7) is 1.23. The lowest BCUT2D eigenvalue weighted by Gasteiger charge is -2.33. The lowest BCUT2D eigenvalue weighted by molar-refractivity contribution is -0.144. The fourth-order valence-electron chi connectivity index (χ4n) is 4.09. The summed E-state index contributed by atoms with van der Waals surface area (Å²) >= 11 is 12.9. The number of halogens is 2. The van der Waals surface area contributed by atoms with Crippen molar-refractivity contribution in [1.82, 2.24) is 0 Å². The van der Waals surface area contributed by atoms with Gasteiger partial charge >= 0.3 is 5.97 Å². The molecule has 0 saturated carbocycles. The second kappa shape index (κ2) is 8.77. The molecule has 32 heavy (non-hydrogen) atoms. The molecule has 5 nitrogen and oxygen atoms in total. The van der Waals surface area contributed by atoms with Gasteiger partial charge in [-0.2, -0.15) is 0 Å².